The van der Waals surface area contributed by atoms with E-state index >= 15 is 0 Å². The van der Waals surface area contributed by atoms with Crippen LogP contribution in [0.2, 0.25) is 0 Å². The molecule has 3 aromatic heterocycles. The third kappa shape index (κ3) is 4.04. The third-order valence-corrected chi connectivity index (χ3v) is 5.27. The number of rotatable bonds is 6. The minimum atomic E-state index is -2.65. The molecule has 1 aliphatic heterocycles. The van der Waals surface area contributed by atoms with Gasteiger partial charge in [0.2, 0.25) is 5.95 Å². The standard InChI is InChI=1S/C20H25F2N7O/c1-12(2)29-15-10-17(24-11-14(15)25-19(29)18(21)22)26-16-4-7-23-20(27-16)28-8-5-13(30-3)6-9-28/h4,7,10-13,18H,5-6,8-9H2,1-3H3,(H,23,24,26,27). The van der Waals surface area contributed by atoms with E-state index in [1.54, 1.807) is 25.4 Å². The second-order valence-electron chi connectivity index (χ2n) is 7.58. The first-order valence-electron chi connectivity index (χ1n) is 10.00. The summed E-state index contributed by atoms with van der Waals surface area (Å²) in [5.74, 6) is 1.49. The Morgan fingerprint density at radius 2 is 1.90 bits per heavy atom. The van der Waals surface area contributed by atoms with Crippen LogP contribution in [0.1, 0.15) is 45.0 Å². The fourth-order valence-electron chi connectivity index (χ4n) is 3.78. The minimum Gasteiger partial charge on any atom is -0.381 e. The highest BCUT2D eigenvalue weighted by molar-refractivity contribution is 5.79. The molecule has 4 heterocycles. The molecule has 160 valence electrons. The number of pyridine rings is 1. The highest BCUT2D eigenvalue weighted by atomic mass is 19.3. The molecule has 0 unspecified atom stereocenters. The van der Waals surface area contributed by atoms with Crippen molar-refractivity contribution < 1.29 is 13.5 Å². The maximum Gasteiger partial charge on any atom is 0.295 e. The number of anilines is 3. The number of halogens is 2. The number of piperidine rings is 1. The van der Waals surface area contributed by atoms with Crippen LogP contribution in [-0.4, -0.2) is 50.8 Å². The lowest BCUT2D eigenvalue weighted by atomic mass is 10.1. The molecule has 1 saturated heterocycles. The Morgan fingerprint density at radius 3 is 2.57 bits per heavy atom. The highest BCUT2D eigenvalue weighted by Gasteiger charge is 2.22. The van der Waals surface area contributed by atoms with Crippen molar-refractivity contribution in [3.8, 4) is 0 Å². The monoisotopic (exact) mass is 417 g/mol. The van der Waals surface area contributed by atoms with Crippen LogP contribution in [0, 0.1) is 0 Å². The lowest BCUT2D eigenvalue weighted by Crippen LogP contribution is -2.37. The zero-order valence-corrected chi connectivity index (χ0v) is 17.2. The van der Waals surface area contributed by atoms with Crippen molar-refractivity contribution in [1.82, 2.24) is 24.5 Å². The number of aromatic nitrogens is 5. The molecule has 4 rings (SSSR count). The quantitative estimate of drug-likeness (QED) is 0.647. The van der Waals surface area contributed by atoms with E-state index in [1.165, 1.54) is 10.8 Å². The van der Waals surface area contributed by atoms with Crippen molar-refractivity contribution in [2.24, 2.45) is 0 Å². The minimum absolute atomic E-state index is 0.157. The first kappa shape index (κ1) is 20.4. The topological polar surface area (TPSA) is 81.0 Å². The smallest absolute Gasteiger partial charge is 0.295 e. The van der Waals surface area contributed by atoms with Gasteiger partial charge in [-0.2, -0.15) is 4.98 Å². The number of fused-ring (bicyclic) bond motifs is 1. The first-order chi connectivity index (χ1) is 14.5. The Morgan fingerprint density at radius 1 is 1.13 bits per heavy atom. The van der Waals surface area contributed by atoms with Crippen molar-refractivity contribution in [3.63, 3.8) is 0 Å². The molecule has 0 bridgehead atoms. The van der Waals surface area contributed by atoms with Gasteiger partial charge in [0, 0.05) is 38.5 Å². The normalized spacial score (nSPS) is 15.5. The number of methoxy groups -OCH3 is 1. The molecule has 0 radical (unpaired) electrons. The molecule has 3 aromatic rings. The molecule has 0 aromatic carbocycles. The Balaban J connectivity index is 1.58. The lowest BCUT2D eigenvalue weighted by Gasteiger charge is -2.31. The molecule has 1 N–H and O–H groups in total. The molecular formula is C20H25F2N7O. The molecular weight excluding hydrogens is 392 g/mol. The third-order valence-electron chi connectivity index (χ3n) is 5.27. The predicted octanol–water partition coefficient (Wildman–Crippen LogP) is 4.10. The van der Waals surface area contributed by atoms with Gasteiger partial charge in [-0.3, -0.25) is 0 Å². The summed E-state index contributed by atoms with van der Waals surface area (Å²) in [5.41, 5.74) is 1.04. The van der Waals surface area contributed by atoms with E-state index in [4.69, 9.17) is 4.74 Å². The molecule has 0 saturated carbocycles. The zero-order valence-electron chi connectivity index (χ0n) is 17.2. The van der Waals surface area contributed by atoms with E-state index in [0.717, 1.165) is 25.9 Å². The number of ether oxygens (including phenoxy) is 1. The Kier molecular flexibility index (Phi) is 5.76. The van der Waals surface area contributed by atoms with Crippen molar-refractivity contribution >= 4 is 28.6 Å². The van der Waals surface area contributed by atoms with E-state index in [0.29, 0.717) is 28.6 Å². The van der Waals surface area contributed by atoms with Crippen molar-refractivity contribution in [1.29, 1.82) is 0 Å². The summed E-state index contributed by atoms with van der Waals surface area (Å²) in [7, 11) is 1.74. The van der Waals surface area contributed by atoms with Gasteiger partial charge in [0.15, 0.2) is 5.82 Å². The Bertz CT molecular complexity index is 1020. The molecule has 10 heteroatoms. The van der Waals surface area contributed by atoms with Gasteiger partial charge < -0.3 is 19.5 Å². The van der Waals surface area contributed by atoms with Crippen molar-refractivity contribution in [3.05, 3.63) is 30.4 Å². The maximum atomic E-state index is 13.4. The summed E-state index contributed by atoms with van der Waals surface area (Å²) in [6.45, 7) is 5.36. The van der Waals surface area contributed by atoms with Crippen LogP contribution in [-0.2, 0) is 4.74 Å². The Hall–Kier alpha value is -2.88. The van der Waals surface area contributed by atoms with E-state index in [-0.39, 0.29) is 18.0 Å². The van der Waals surface area contributed by atoms with Gasteiger partial charge in [0.1, 0.15) is 17.2 Å². The average Bonchev–Trinajstić information content (AvgIpc) is 3.13. The van der Waals surface area contributed by atoms with Gasteiger partial charge in [-0.05, 0) is 32.8 Å². The van der Waals surface area contributed by atoms with Crippen LogP contribution in [0.15, 0.2) is 24.5 Å². The number of nitrogens with one attached hydrogen (secondary N) is 1. The molecule has 0 spiro atoms. The summed E-state index contributed by atoms with van der Waals surface area (Å²) < 4.78 is 33.7. The molecule has 0 aliphatic carbocycles. The Labute approximate surface area is 173 Å². The van der Waals surface area contributed by atoms with Crippen LogP contribution in [0.25, 0.3) is 11.0 Å². The summed E-state index contributed by atoms with van der Waals surface area (Å²) in [6.07, 6.45) is 2.69. The second kappa shape index (κ2) is 8.47. The van der Waals surface area contributed by atoms with Crippen LogP contribution in [0.4, 0.5) is 26.4 Å². The number of nitrogens with zero attached hydrogens (tertiary/aromatic N) is 6. The van der Waals surface area contributed by atoms with Gasteiger partial charge >= 0.3 is 0 Å². The number of imidazole rings is 1. The largest absolute Gasteiger partial charge is 0.381 e. The van der Waals surface area contributed by atoms with Gasteiger partial charge in [0.05, 0.1) is 17.8 Å². The van der Waals surface area contributed by atoms with Crippen LogP contribution >= 0.6 is 0 Å². The summed E-state index contributed by atoms with van der Waals surface area (Å²) >= 11 is 0. The molecule has 30 heavy (non-hydrogen) atoms. The van der Waals surface area contributed by atoms with Gasteiger partial charge in [-0.15, -0.1) is 0 Å². The van der Waals surface area contributed by atoms with Crippen molar-refractivity contribution in [2.45, 2.75) is 45.3 Å². The van der Waals surface area contributed by atoms with E-state index < -0.39 is 6.43 Å². The van der Waals surface area contributed by atoms with Crippen LogP contribution < -0.4 is 10.2 Å². The molecule has 1 aliphatic rings. The number of hydrogen-bond donors (Lipinski definition) is 1. The predicted molar refractivity (Wildman–Crippen MR) is 110 cm³/mol. The van der Waals surface area contributed by atoms with Gasteiger partial charge in [0.25, 0.3) is 6.43 Å². The van der Waals surface area contributed by atoms with Crippen LogP contribution in [0.5, 0.6) is 0 Å². The summed E-state index contributed by atoms with van der Waals surface area (Å²) in [5, 5.41) is 3.16. The van der Waals surface area contributed by atoms with Crippen molar-refractivity contribution in [2.75, 3.05) is 30.4 Å². The first-order valence-corrected chi connectivity index (χ1v) is 10.00. The fraction of sp³-hybridized carbons (Fsp3) is 0.500. The summed E-state index contributed by atoms with van der Waals surface area (Å²) in [6, 6.07) is 3.32. The van der Waals surface area contributed by atoms with E-state index in [9.17, 15) is 8.78 Å². The van der Waals surface area contributed by atoms with E-state index in [2.05, 4.69) is 30.2 Å². The van der Waals surface area contributed by atoms with E-state index in [1.807, 2.05) is 13.8 Å². The fourth-order valence-corrected chi connectivity index (χ4v) is 3.78. The second-order valence-corrected chi connectivity index (χ2v) is 7.58. The molecule has 0 amide bonds. The summed E-state index contributed by atoms with van der Waals surface area (Å²) in [4.78, 5) is 19.5. The van der Waals surface area contributed by atoms with Gasteiger partial charge in [-0.25, -0.2) is 23.7 Å². The molecule has 0 atom stereocenters. The molecule has 1 fully saturated rings. The average molecular weight is 417 g/mol. The molecule has 8 nitrogen and oxygen atoms in total. The maximum absolute atomic E-state index is 13.4. The van der Waals surface area contributed by atoms with Gasteiger partial charge in [-0.1, -0.05) is 0 Å². The zero-order chi connectivity index (χ0) is 21.3. The lowest BCUT2D eigenvalue weighted by molar-refractivity contribution is 0.0816. The number of alkyl halides is 2. The highest BCUT2D eigenvalue weighted by Crippen LogP contribution is 2.29. The SMILES string of the molecule is COC1CCN(c2nccc(Nc3cc4c(cn3)nc(C(F)F)n4C(C)C)n2)CC1. The van der Waals surface area contributed by atoms with Crippen LogP contribution in [0.3, 0.4) is 0 Å². The number of hydrogen-bond acceptors (Lipinski definition) is 7.